The predicted molar refractivity (Wildman–Crippen MR) is 82.7 cm³/mol. The zero-order valence-corrected chi connectivity index (χ0v) is 14.1. The van der Waals surface area contributed by atoms with E-state index in [1.807, 2.05) is 0 Å². The zero-order valence-electron chi connectivity index (χ0n) is 12.4. The molecule has 1 aromatic heterocycles. The molecule has 0 amide bonds. The average Bonchev–Trinajstić information content (AvgIpc) is 2.47. The van der Waals surface area contributed by atoms with Gasteiger partial charge in [-0.1, -0.05) is 0 Å². The maximum absolute atomic E-state index is 12.1. The highest BCUT2D eigenvalue weighted by Crippen LogP contribution is 2.14. The molecule has 7 nitrogen and oxygen atoms in total. The van der Waals surface area contributed by atoms with Crippen LogP contribution in [0, 0.1) is 5.92 Å². The summed E-state index contributed by atoms with van der Waals surface area (Å²) in [5, 5.41) is 3.15. The Morgan fingerprint density at radius 2 is 2.09 bits per heavy atom. The number of sulfonamides is 1. The van der Waals surface area contributed by atoms with E-state index in [9.17, 15) is 16.8 Å². The van der Waals surface area contributed by atoms with Gasteiger partial charge in [0.2, 0.25) is 10.0 Å². The highest BCUT2D eigenvalue weighted by atomic mass is 32.2. The molecule has 0 radical (unpaired) electrons. The van der Waals surface area contributed by atoms with Crippen molar-refractivity contribution >= 4 is 19.9 Å². The van der Waals surface area contributed by atoms with E-state index in [2.05, 4.69) is 15.0 Å². The second kappa shape index (κ2) is 7.03. The van der Waals surface area contributed by atoms with Crippen LogP contribution in [0.5, 0.6) is 0 Å². The van der Waals surface area contributed by atoms with Gasteiger partial charge in [0.05, 0.1) is 0 Å². The maximum Gasteiger partial charge on any atom is 0.242 e. The van der Waals surface area contributed by atoms with Crippen LogP contribution in [0.4, 0.5) is 0 Å². The summed E-state index contributed by atoms with van der Waals surface area (Å²) in [5.74, 6) is 0.488. The molecular formula is C13H21N3O4S2. The van der Waals surface area contributed by atoms with Crippen LogP contribution in [0.15, 0.2) is 28.3 Å². The van der Waals surface area contributed by atoms with Crippen LogP contribution in [0.25, 0.3) is 0 Å². The van der Waals surface area contributed by atoms with Crippen molar-refractivity contribution in [3.63, 3.8) is 0 Å². The van der Waals surface area contributed by atoms with E-state index in [1.165, 1.54) is 12.1 Å². The second-order valence-electron chi connectivity index (χ2n) is 5.50. The Kier molecular flexibility index (Phi) is 5.54. The van der Waals surface area contributed by atoms with Crippen LogP contribution in [0.2, 0.25) is 0 Å². The third-order valence-electron chi connectivity index (χ3n) is 3.64. The molecule has 1 saturated heterocycles. The SMILES string of the molecule is CS(=O)(=O)c1ccc(S(=O)(=O)NCCC2CCCNC2)cn1. The van der Waals surface area contributed by atoms with E-state index in [0.29, 0.717) is 12.5 Å². The minimum absolute atomic E-state index is 0.0262. The summed E-state index contributed by atoms with van der Waals surface area (Å²) >= 11 is 0. The molecule has 1 aliphatic rings. The van der Waals surface area contributed by atoms with E-state index in [-0.39, 0.29) is 9.92 Å². The number of nitrogens with zero attached hydrogens (tertiary/aromatic N) is 1. The van der Waals surface area contributed by atoms with Crippen molar-refractivity contribution in [2.75, 3.05) is 25.9 Å². The fraction of sp³-hybridized carbons (Fsp3) is 0.615. The lowest BCUT2D eigenvalue weighted by atomic mass is 9.96. The molecule has 2 N–H and O–H groups in total. The van der Waals surface area contributed by atoms with Crippen molar-refractivity contribution in [3.8, 4) is 0 Å². The Balaban J connectivity index is 1.95. The molecule has 0 spiro atoms. The Labute approximate surface area is 131 Å². The molecule has 2 rings (SSSR count). The minimum Gasteiger partial charge on any atom is -0.316 e. The minimum atomic E-state index is -3.65. The van der Waals surface area contributed by atoms with Crippen molar-refractivity contribution in [1.82, 2.24) is 15.0 Å². The lowest BCUT2D eigenvalue weighted by Crippen LogP contribution is -2.33. The van der Waals surface area contributed by atoms with E-state index >= 15 is 0 Å². The van der Waals surface area contributed by atoms with Gasteiger partial charge in [-0.15, -0.1) is 0 Å². The van der Waals surface area contributed by atoms with Gasteiger partial charge in [0.25, 0.3) is 0 Å². The smallest absolute Gasteiger partial charge is 0.242 e. The standard InChI is InChI=1S/C13H21N3O4S2/c1-21(17,18)13-5-4-12(10-15-13)22(19,20)16-8-6-11-3-2-7-14-9-11/h4-5,10-11,14,16H,2-3,6-9H2,1H3. The molecule has 124 valence electrons. The predicted octanol–water partition coefficient (Wildman–Crippen LogP) is 0.153. The van der Waals surface area contributed by atoms with Crippen molar-refractivity contribution in [1.29, 1.82) is 0 Å². The Morgan fingerprint density at radius 1 is 1.32 bits per heavy atom. The molecular weight excluding hydrogens is 326 g/mol. The molecule has 0 bridgehead atoms. The van der Waals surface area contributed by atoms with Gasteiger partial charge in [0, 0.05) is 19.0 Å². The number of aromatic nitrogens is 1. The van der Waals surface area contributed by atoms with Crippen LogP contribution < -0.4 is 10.0 Å². The van der Waals surface area contributed by atoms with Crippen molar-refractivity contribution in [2.45, 2.75) is 29.2 Å². The highest BCUT2D eigenvalue weighted by molar-refractivity contribution is 7.90. The first-order valence-corrected chi connectivity index (χ1v) is 10.5. The first-order chi connectivity index (χ1) is 10.3. The second-order valence-corrected chi connectivity index (χ2v) is 9.23. The molecule has 1 unspecified atom stereocenters. The molecule has 1 atom stereocenters. The lowest BCUT2D eigenvalue weighted by molar-refractivity contribution is 0.358. The number of nitrogens with one attached hydrogen (secondary N) is 2. The van der Waals surface area contributed by atoms with Gasteiger partial charge >= 0.3 is 0 Å². The average molecular weight is 347 g/mol. The fourth-order valence-corrected chi connectivity index (χ4v) is 3.95. The van der Waals surface area contributed by atoms with Gasteiger partial charge in [0.15, 0.2) is 14.9 Å². The van der Waals surface area contributed by atoms with Gasteiger partial charge in [-0.3, -0.25) is 0 Å². The summed E-state index contributed by atoms with van der Waals surface area (Å²) in [6, 6.07) is 2.46. The molecule has 1 fully saturated rings. The monoisotopic (exact) mass is 347 g/mol. The molecule has 9 heteroatoms. The molecule has 0 saturated carbocycles. The first kappa shape index (κ1) is 17.3. The summed E-state index contributed by atoms with van der Waals surface area (Å²) in [6.45, 7) is 2.31. The van der Waals surface area contributed by atoms with Crippen molar-refractivity contribution in [2.24, 2.45) is 5.92 Å². The summed E-state index contributed by atoms with van der Waals surface area (Å²) in [6.07, 6.45) is 5.11. The normalized spacial score (nSPS) is 20.0. The highest BCUT2D eigenvalue weighted by Gasteiger charge is 2.18. The van der Waals surface area contributed by atoms with E-state index in [0.717, 1.165) is 44.8 Å². The lowest BCUT2D eigenvalue weighted by Gasteiger charge is -2.22. The molecule has 2 heterocycles. The number of pyridine rings is 1. The number of piperidine rings is 1. The fourth-order valence-electron chi connectivity index (χ4n) is 2.40. The third kappa shape index (κ3) is 4.73. The van der Waals surface area contributed by atoms with Gasteiger partial charge in [-0.2, -0.15) is 0 Å². The third-order valence-corrected chi connectivity index (χ3v) is 6.09. The molecule has 1 aromatic rings. The van der Waals surface area contributed by atoms with Crippen LogP contribution >= 0.6 is 0 Å². The van der Waals surface area contributed by atoms with Gasteiger partial charge < -0.3 is 5.32 Å². The van der Waals surface area contributed by atoms with Crippen LogP contribution in [-0.4, -0.2) is 47.7 Å². The van der Waals surface area contributed by atoms with Gasteiger partial charge in [0.1, 0.15) is 4.90 Å². The topological polar surface area (TPSA) is 105 Å². The summed E-state index contributed by atoms with van der Waals surface area (Å²) in [5.41, 5.74) is 0. The molecule has 0 aliphatic carbocycles. The van der Waals surface area contributed by atoms with Gasteiger partial charge in [-0.05, 0) is 50.4 Å². The molecule has 0 aromatic carbocycles. The van der Waals surface area contributed by atoms with E-state index in [1.54, 1.807) is 0 Å². The summed E-state index contributed by atoms with van der Waals surface area (Å²) in [4.78, 5) is 3.67. The number of hydrogen-bond acceptors (Lipinski definition) is 6. The largest absolute Gasteiger partial charge is 0.316 e. The first-order valence-electron chi connectivity index (χ1n) is 7.15. The van der Waals surface area contributed by atoms with E-state index in [4.69, 9.17) is 0 Å². The van der Waals surface area contributed by atoms with E-state index < -0.39 is 19.9 Å². The Hall–Kier alpha value is -1.03. The number of sulfone groups is 1. The maximum atomic E-state index is 12.1. The number of hydrogen-bond donors (Lipinski definition) is 2. The summed E-state index contributed by atoms with van der Waals surface area (Å²) in [7, 11) is -7.08. The number of rotatable bonds is 6. The molecule has 22 heavy (non-hydrogen) atoms. The van der Waals surface area contributed by atoms with Crippen molar-refractivity contribution < 1.29 is 16.8 Å². The van der Waals surface area contributed by atoms with Crippen molar-refractivity contribution in [3.05, 3.63) is 18.3 Å². The molecule has 1 aliphatic heterocycles. The quantitative estimate of drug-likeness (QED) is 0.759. The Bertz CT molecular complexity index is 693. The summed E-state index contributed by atoms with van der Waals surface area (Å²) < 4.78 is 49.4. The Morgan fingerprint density at radius 3 is 2.64 bits per heavy atom. The van der Waals surface area contributed by atoms with Crippen LogP contribution in [-0.2, 0) is 19.9 Å². The zero-order chi connectivity index (χ0) is 16.2. The van der Waals surface area contributed by atoms with Crippen LogP contribution in [0.1, 0.15) is 19.3 Å². The van der Waals surface area contributed by atoms with Crippen LogP contribution in [0.3, 0.4) is 0 Å². The van der Waals surface area contributed by atoms with Gasteiger partial charge in [-0.25, -0.2) is 26.5 Å².